The number of sulfonamides is 1. The number of carboxylic acid groups (broad SMARTS) is 1. The van der Waals surface area contributed by atoms with E-state index in [-0.39, 0.29) is 12.2 Å². The minimum atomic E-state index is -3.43. The van der Waals surface area contributed by atoms with E-state index in [1.165, 1.54) is 4.31 Å². The van der Waals surface area contributed by atoms with Crippen LogP contribution < -0.4 is 0 Å². The van der Waals surface area contributed by atoms with E-state index in [2.05, 4.69) is 0 Å². The standard InChI is InChI=1S/C8H15NO5S/c10-8(11)2-7-15(12,13)9-3-1-5-14-6-4-9/h1-7H2,(H,10,11). The molecule has 1 aliphatic rings. The molecule has 0 atom stereocenters. The van der Waals surface area contributed by atoms with E-state index in [9.17, 15) is 13.2 Å². The van der Waals surface area contributed by atoms with E-state index in [1.54, 1.807) is 0 Å². The highest BCUT2D eigenvalue weighted by molar-refractivity contribution is 7.89. The molecule has 0 bridgehead atoms. The first kappa shape index (κ1) is 12.4. The lowest BCUT2D eigenvalue weighted by atomic mass is 10.5. The summed E-state index contributed by atoms with van der Waals surface area (Å²) in [6, 6.07) is 0. The predicted octanol–water partition coefficient (Wildman–Crippen LogP) is -0.487. The third-order valence-electron chi connectivity index (χ3n) is 2.15. The zero-order valence-corrected chi connectivity index (χ0v) is 9.20. The first-order chi connectivity index (χ1) is 7.02. The van der Waals surface area contributed by atoms with Gasteiger partial charge in [0.15, 0.2) is 0 Å². The van der Waals surface area contributed by atoms with E-state index in [1.807, 2.05) is 0 Å². The molecule has 0 aromatic rings. The van der Waals surface area contributed by atoms with Crippen LogP contribution in [0.1, 0.15) is 12.8 Å². The summed E-state index contributed by atoms with van der Waals surface area (Å²) in [4.78, 5) is 10.3. The minimum Gasteiger partial charge on any atom is -0.481 e. The van der Waals surface area contributed by atoms with Crippen molar-refractivity contribution < 1.29 is 23.1 Å². The van der Waals surface area contributed by atoms with Crippen molar-refractivity contribution in [2.24, 2.45) is 0 Å². The maximum Gasteiger partial charge on any atom is 0.304 e. The highest BCUT2D eigenvalue weighted by atomic mass is 32.2. The zero-order valence-electron chi connectivity index (χ0n) is 8.39. The number of hydrogen-bond acceptors (Lipinski definition) is 4. The minimum absolute atomic E-state index is 0.321. The fourth-order valence-corrected chi connectivity index (χ4v) is 2.80. The van der Waals surface area contributed by atoms with Crippen LogP contribution in [0.4, 0.5) is 0 Å². The SMILES string of the molecule is O=C(O)CCS(=O)(=O)N1CCCOCC1. The average Bonchev–Trinajstić information content (AvgIpc) is 2.43. The van der Waals surface area contributed by atoms with Crippen LogP contribution in [-0.4, -0.2) is 55.9 Å². The molecular formula is C8H15NO5S. The van der Waals surface area contributed by atoms with Crippen LogP contribution in [0.5, 0.6) is 0 Å². The quantitative estimate of drug-likeness (QED) is 0.713. The van der Waals surface area contributed by atoms with Gasteiger partial charge in [0, 0.05) is 19.7 Å². The summed E-state index contributed by atoms with van der Waals surface area (Å²) >= 11 is 0. The molecule has 0 aromatic heterocycles. The number of ether oxygens (including phenoxy) is 1. The highest BCUT2D eigenvalue weighted by Crippen LogP contribution is 2.07. The first-order valence-electron chi connectivity index (χ1n) is 4.80. The predicted molar refractivity (Wildman–Crippen MR) is 53.0 cm³/mol. The summed E-state index contributed by atoms with van der Waals surface area (Å²) in [5, 5.41) is 8.42. The second-order valence-corrected chi connectivity index (χ2v) is 5.41. The van der Waals surface area contributed by atoms with Gasteiger partial charge in [0.2, 0.25) is 10.0 Å². The Bertz CT molecular complexity index is 305. The maximum atomic E-state index is 11.6. The highest BCUT2D eigenvalue weighted by Gasteiger charge is 2.23. The topological polar surface area (TPSA) is 83.9 Å². The fraction of sp³-hybridized carbons (Fsp3) is 0.875. The number of nitrogens with zero attached hydrogens (tertiary/aromatic N) is 1. The van der Waals surface area contributed by atoms with Crippen molar-refractivity contribution >= 4 is 16.0 Å². The molecule has 1 rings (SSSR count). The molecule has 6 nitrogen and oxygen atoms in total. The van der Waals surface area contributed by atoms with Gasteiger partial charge < -0.3 is 9.84 Å². The second kappa shape index (κ2) is 5.43. The smallest absolute Gasteiger partial charge is 0.304 e. The van der Waals surface area contributed by atoms with Gasteiger partial charge in [-0.2, -0.15) is 4.31 Å². The summed E-state index contributed by atoms with van der Waals surface area (Å²) in [6.07, 6.45) is 0.311. The Balaban J connectivity index is 2.54. The molecule has 1 N–H and O–H groups in total. The third-order valence-corrected chi connectivity index (χ3v) is 4.02. The lowest BCUT2D eigenvalue weighted by Gasteiger charge is -2.18. The van der Waals surface area contributed by atoms with Gasteiger partial charge in [0.25, 0.3) is 0 Å². The van der Waals surface area contributed by atoms with E-state index >= 15 is 0 Å². The number of aliphatic carboxylic acids is 1. The second-order valence-electron chi connectivity index (χ2n) is 3.32. The van der Waals surface area contributed by atoms with Crippen molar-refractivity contribution in [3.63, 3.8) is 0 Å². The monoisotopic (exact) mass is 237 g/mol. The summed E-state index contributed by atoms with van der Waals surface area (Å²) in [5.74, 6) is -1.42. The molecule has 88 valence electrons. The first-order valence-corrected chi connectivity index (χ1v) is 6.40. The Morgan fingerprint density at radius 1 is 1.33 bits per heavy atom. The Morgan fingerprint density at radius 2 is 2.07 bits per heavy atom. The number of carbonyl (C=O) groups is 1. The Morgan fingerprint density at radius 3 is 2.73 bits per heavy atom. The van der Waals surface area contributed by atoms with Gasteiger partial charge in [0.1, 0.15) is 0 Å². The van der Waals surface area contributed by atoms with Gasteiger partial charge in [-0.15, -0.1) is 0 Å². The third kappa shape index (κ3) is 4.15. The van der Waals surface area contributed by atoms with Gasteiger partial charge in [-0.1, -0.05) is 0 Å². The van der Waals surface area contributed by atoms with E-state index in [0.29, 0.717) is 32.7 Å². The molecule has 0 amide bonds. The molecule has 0 unspecified atom stereocenters. The lowest BCUT2D eigenvalue weighted by Crippen LogP contribution is -2.35. The number of rotatable bonds is 4. The summed E-state index contributed by atoms with van der Waals surface area (Å²) in [5.41, 5.74) is 0. The van der Waals surface area contributed by atoms with Gasteiger partial charge >= 0.3 is 5.97 Å². The Hall–Kier alpha value is -0.660. The van der Waals surface area contributed by atoms with Gasteiger partial charge in [0.05, 0.1) is 18.8 Å². The van der Waals surface area contributed by atoms with Crippen molar-refractivity contribution in [2.45, 2.75) is 12.8 Å². The van der Waals surface area contributed by atoms with E-state index in [0.717, 1.165) is 0 Å². The van der Waals surface area contributed by atoms with Crippen molar-refractivity contribution in [3.05, 3.63) is 0 Å². The van der Waals surface area contributed by atoms with Crippen LogP contribution >= 0.6 is 0 Å². The van der Waals surface area contributed by atoms with Gasteiger partial charge in [-0.3, -0.25) is 4.79 Å². The summed E-state index contributed by atoms with van der Waals surface area (Å²) in [7, 11) is -3.43. The molecule has 1 aliphatic heterocycles. The summed E-state index contributed by atoms with van der Waals surface area (Å²) < 4.78 is 29.7. The molecule has 0 aromatic carbocycles. The van der Waals surface area contributed by atoms with Crippen LogP contribution in [0.25, 0.3) is 0 Å². The van der Waals surface area contributed by atoms with Crippen molar-refractivity contribution in [2.75, 3.05) is 32.1 Å². The van der Waals surface area contributed by atoms with Crippen LogP contribution in [0, 0.1) is 0 Å². The normalized spacial score (nSPS) is 19.7. The van der Waals surface area contributed by atoms with Gasteiger partial charge in [-0.05, 0) is 6.42 Å². The lowest BCUT2D eigenvalue weighted by molar-refractivity contribution is -0.136. The molecule has 0 aliphatic carbocycles. The molecule has 0 saturated carbocycles. The van der Waals surface area contributed by atoms with Crippen LogP contribution in [-0.2, 0) is 19.6 Å². The molecular weight excluding hydrogens is 222 g/mol. The fourth-order valence-electron chi connectivity index (χ4n) is 1.35. The molecule has 15 heavy (non-hydrogen) atoms. The molecule has 0 radical (unpaired) electrons. The molecule has 0 spiro atoms. The molecule has 1 saturated heterocycles. The van der Waals surface area contributed by atoms with Crippen molar-refractivity contribution in [1.29, 1.82) is 0 Å². The zero-order chi connectivity index (χ0) is 11.3. The molecule has 1 fully saturated rings. The molecule has 1 heterocycles. The molecule has 7 heteroatoms. The number of hydrogen-bond donors (Lipinski definition) is 1. The maximum absolute atomic E-state index is 11.6. The van der Waals surface area contributed by atoms with Crippen molar-refractivity contribution in [3.8, 4) is 0 Å². The van der Waals surface area contributed by atoms with Crippen LogP contribution in [0.2, 0.25) is 0 Å². The van der Waals surface area contributed by atoms with Gasteiger partial charge in [-0.25, -0.2) is 8.42 Å². The van der Waals surface area contributed by atoms with Crippen LogP contribution in [0.3, 0.4) is 0 Å². The Kier molecular flexibility index (Phi) is 4.49. The number of carboxylic acids is 1. The summed E-state index contributed by atoms with van der Waals surface area (Å²) in [6.45, 7) is 1.68. The average molecular weight is 237 g/mol. The van der Waals surface area contributed by atoms with Crippen molar-refractivity contribution in [1.82, 2.24) is 4.31 Å². The van der Waals surface area contributed by atoms with E-state index in [4.69, 9.17) is 9.84 Å². The van der Waals surface area contributed by atoms with Crippen LogP contribution in [0.15, 0.2) is 0 Å². The largest absolute Gasteiger partial charge is 0.481 e. The van der Waals surface area contributed by atoms with E-state index < -0.39 is 16.0 Å². The Labute approximate surface area is 88.9 Å².